The lowest BCUT2D eigenvalue weighted by molar-refractivity contribution is 0.189. The standard InChI is InChI=1S/C12H18N2O2S/c1-16-8-4-7-14-10-6-3-2-5-9(10)11(17)13-12(14)15/h2-8H2,1H3,(H,13,15,17). The zero-order chi connectivity index (χ0) is 12.3. The van der Waals surface area contributed by atoms with Crippen LogP contribution in [0.15, 0.2) is 4.79 Å². The molecule has 1 aliphatic rings. The quantitative estimate of drug-likeness (QED) is 0.658. The molecule has 1 aromatic rings. The summed E-state index contributed by atoms with van der Waals surface area (Å²) in [6, 6.07) is 0. The lowest BCUT2D eigenvalue weighted by atomic mass is 9.97. The Morgan fingerprint density at radius 2 is 2.18 bits per heavy atom. The van der Waals surface area contributed by atoms with Crippen LogP contribution in [0.5, 0.6) is 0 Å². The Labute approximate surface area is 106 Å². The number of fused-ring (bicyclic) bond motifs is 1. The molecule has 94 valence electrons. The van der Waals surface area contributed by atoms with E-state index in [-0.39, 0.29) is 5.69 Å². The van der Waals surface area contributed by atoms with E-state index in [2.05, 4.69) is 4.98 Å². The van der Waals surface area contributed by atoms with Crippen molar-refractivity contribution in [1.29, 1.82) is 0 Å². The number of nitrogens with zero attached hydrogens (tertiary/aromatic N) is 1. The van der Waals surface area contributed by atoms with Crippen LogP contribution in [0.4, 0.5) is 0 Å². The Morgan fingerprint density at radius 1 is 1.41 bits per heavy atom. The van der Waals surface area contributed by atoms with E-state index in [0.29, 0.717) is 17.8 Å². The molecule has 2 rings (SSSR count). The van der Waals surface area contributed by atoms with Crippen LogP contribution < -0.4 is 5.69 Å². The summed E-state index contributed by atoms with van der Waals surface area (Å²) in [5.41, 5.74) is 2.23. The second-order valence-corrected chi connectivity index (χ2v) is 4.80. The molecule has 0 saturated heterocycles. The third-order valence-corrected chi connectivity index (χ3v) is 3.58. The Balaban J connectivity index is 2.36. The van der Waals surface area contributed by atoms with E-state index >= 15 is 0 Å². The van der Waals surface area contributed by atoms with Gasteiger partial charge in [0.25, 0.3) is 0 Å². The van der Waals surface area contributed by atoms with Crippen LogP contribution in [0.1, 0.15) is 30.5 Å². The molecule has 0 unspecified atom stereocenters. The summed E-state index contributed by atoms with van der Waals surface area (Å²) in [7, 11) is 1.68. The first kappa shape index (κ1) is 12.5. The highest BCUT2D eigenvalue weighted by Gasteiger charge is 2.16. The second kappa shape index (κ2) is 5.60. The van der Waals surface area contributed by atoms with Crippen LogP contribution in [0.3, 0.4) is 0 Å². The van der Waals surface area contributed by atoms with E-state index in [1.807, 2.05) is 4.57 Å². The minimum Gasteiger partial charge on any atom is -0.385 e. The highest BCUT2D eigenvalue weighted by molar-refractivity contribution is 7.71. The molecule has 0 aromatic carbocycles. The molecule has 4 nitrogen and oxygen atoms in total. The molecule has 0 radical (unpaired) electrons. The maximum Gasteiger partial charge on any atom is 0.326 e. The molecular weight excluding hydrogens is 236 g/mol. The average Bonchev–Trinajstić information content (AvgIpc) is 2.33. The van der Waals surface area contributed by atoms with Crippen LogP contribution in [0.2, 0.25) is 0 Å². The van der Waals surface area contributed by atoms with Crippen molar-refractivity contribution in [1.82, 2.24) is 9.55 Å². The molecule has 0 amide bonds. The van der Waals surface area contributed by atoms with Crippen molar-refractivity contribution < 1.29 is 4.74 Å². The number of aromatic nitrogens is 2. The fourth-order valence-corrected chi connectivity index (χ4v) is 2.71. The van der Waals surface area contributed by atoms with Crippen LogP contribution in [-0.4, -0.2) is 23.3 Å². The molecule has 0 saturated carbocycles. The highest BCUT2D eigenvalue weighted by Crippen LogP contribution is 2.20. The monoisotopic (exact) mass is 254 g/mol. The van der Waals surface area contributed by atoms with Crippen LogP contribution in [0, 0.1) is 4.64 Å². The first-order chi connectivity index (χ1) is 8.24. The largest absolute Gasteiger partial charge is 0.385 e. The first-order valence-corrected chi connectivity index (χ1v) is 6.48. The van der Waals surface area contributed by atoms with E-state index in [1.54, 1.807) is 7.11 Å². The molecule has 1 aromatic heterocycles. The van der Waals surface area contributed by atoms with E-state index in [9.17, 15) is 4.79 Å². The van der Waals surface area contributed by atoms with Gasteiger partial charge in [-0.2, -0.15) is 0 Å². The number of ether oxygens (including phenoxy) is 1. The van der Waals surface area contributed by atoms with Crippen LogP contribution >= 0.6 is 12.2 Å². The number of hydrogen-bond donors (Lipinski definition) is 1. The number of hydrogen-bond acceptors (Lipinski definition) is 3. The molecule has 1 heterocycles. The van der Waals surface area contributed by atoms with Gasteiger partial charge in [0, 0.05) is 31.5 Å². The Kier molecular flexibility index (Phi) is 4.12. The average molecular weight is 254 g/mol. The lowest BCUT2D eigenvalue weighted by Crippen LogP contribution is -2.30. The number of methoxy groups -OCH3 is 1. The summed E-state index contributed by atoms with van der Waals surface area (Å²) < 4.78 is 7.49. The summed E-state index contributed by atoms with van der Waals surface area (Å²) in [4.78, 5) is 14.7. The molecule has 0 aliphatic heterocycles. The molecule has 1 N–H and O–H groups in total. The minimum atomic E-state index is -0.0771. The van der Waals surface area contributed by atoms with E-state index in [0.717, 1.165) is 31.4 Å². The van der Waals surface area contributed by atoms with Crippen molar-refractivity contribution >= 4 is 12.2 Å². The number of H-pyrrole nitrogens is 1. The molecule has 0 spiro atoms. The zero-order valence-electron chi connectivity index (χ0n) is 10.1. The van der Waals surface area contributed by atoms with Crippen molar-refractivity contribution in [3.8, 4) is 0 Å². The summed E-state index contributed by atoms with van der Waals surface area (Å²) in [5, 5.41) is 0. The predicted molar refractivity (Wildman–Crippen MR) is 69.0 cm³/mol. The third-order valence-electron chi connectivity index (χ3n) is 3.23. The zero-order valence-corrected chi connectivity index (χ0v) is 10.9. The van der Waals surface area contributed by atoms with Crippen molar-refractivity contribution in [2.45, 2.75) is 38.6 Å². The topological polar surface area (TPSA) is 47.0 Å². The smallest absolute Gasteiger partial charge is 0.326 e. The maximum absolute atomic E-state index is 11.9. The molecule has 0 atom stereocenters. The Morgan fingerprint density at radius 3 is 2.94 bits per heavy atom. The second-order valence-electron chi connectivity index (χ2n) is 4.39. The SMILES string of the molecule is COCCCn1c2c(c(=S)[nH]c1=O)CCCC2. The molecule has 17 heavy (non-hydrogen) atoms. The Bertz CT molecular complexity index is 504. The Hall–Kier alpha value is -0.940. The fourth-order valence-electron chi connectivity index (χ4n) is 2.40. The van der Waals surface area contributed by atoms with Gasteiger partial charge in [-0.3, -0.25) is 9.55 Å². The number of aromatic amines is 1. The van der Waals surface area contributed by atoms with Gasteiger partial charge in [0.15, 0.2) is 0 Å². The van der Waals surface area contributed by atoms with Crippen molar-refractivity contribution in [3.63, 3.8) is 0 Å². The third kappa shape index (κ3) is 2.66. The maximum atomic E-state index is 11.9. The van der Waals surface area contributed by atoms with Gasteiger partial charge in [-0.1, -0.05) is 12.2 Å². The molecule has 0 fully saturated rings. The summed E-state index contributed by atoms with van der Waals surface area (Å²) >= 11 is 5.23. The van der Waals surface area contributed by atoms with Crippen molar-refractivity contribution in [2.75, 3.05) is 13.7 Å². The van der Waals surface area contributed by atoms with Crippen LogP contribution in [0.25, 0.3) is 0 Å². The van der Waals surface area contributed by atoms with Gasteiger partial charge in [0.05, 0.1) is 0 Å². The van der Waals surface area contributed by atoms with E-state index in [4.69, 9.17) is 17.0 Å². The lowest BCUT2D eigenvalue weighted by Gasteiger charge is -2.20. The van der Waals surface area contributed by atoms with Gasteiger partial charge in [-0.15, -0.1) is 0 Å². The van der Waals surface area contributed by atoms with Gasteiger partial charge in [0.1, 0.15) is 4.64 Å². The van der Waals surface area contributed by atoms with Gasteiger partial charge in [0.2, 0.25) is 0 Å². The van der Waals surface area contributed by atoms with Crippen LogP contribution in [-0.2, 0) is 24.1 Å². The summed E-state index contributed by atoms with van der Waals surface area (Å²) in [6.45, 7) is 1.39. The fraction of sp³-hybridized carbons (Fsp3) is 0.667. The van der Waals surface area contributed by atoms with Gasteiger partial charge in [-0.05, 0) is 32.1 Å². The molecular formula is C12H18N2O2S. The van der Waals surface area contributed by atoms with E-state index in [1.165, 1.54) is 12.0 Å². The first-order valence-electron chi connectivity index (χ1n) is 6.08. The normalized spacial score (nSPS) is 14.6. The van der Waals surface area contributed by atoms with Crippen molar-refractivity contribution in [3.05, 3.63) is 26.4 Å². The van der Waals surface area contributed by atoms with E-state index < -0.39 is 0 Å². The van der Waals surface area contributed by atoms with Gasteiger partial charge in [-0.25, -0.2) is 4.79 Å². The molecule has 1 aliphatic carbocycles. The van der Waals surface area contributed by atoms with Gasteiger partial charge >= 0.3 is 5.69 Å². The number of rotatable bonds is 4. The summed E-state index contributed by atoms with van der Waals surface area (Å²) in [6.07, 6.45) is 5.13. The minimum absolute atomic E-state index is 0.0771. The van der Waals surface area contributed by atoms with Crippen molar-refractivity contribution in [2.24, 2.45) is 0 Å². The highest BCUT2D eigenvalue weighted by atomic mass is 32.1. The molecule has 0 bridgehead atoms. The summed E-state index contributed by atoms with van der Waals surface area (Å²) in [5.74, 6) is 0. The number of nitrogens with one attached hydrogen (secondary N) is 1. The molecule has 5 heteroatoms. The van der Waals surface area contributed by atoms with Gasteiger partial charge < -0.3 is 4.74 Å². The predicted octanol–water partition coefficient (Wildman–Crippen LogP) is 1.82.